The summed E-state index contributed by atoms with van der Waals surface area (Å²) in [6.07, 6.45) is 2.73. The van der Waals surface area contributed by atoms with E-state index >= 15 is 0 Å². The molecule has 0 aromatic heterocycles. The molecule has 4 heteroatoms. The number of hydrogen-bond acceptors (Lipinski definition) is 3. The SMILES string of the molecule is [O]CCCN(CCO)C1CCOCC1. The van der Waals surface area contributed by atoms with Crippen LogP contribution in [0.15, 0.2) is 0 Å². The van der Waals surface area contributed by atoms with Crippen LogP contribution in [0.4, 0.5) is 0 Å². The fraction of sp³-hybridized carbons (Fsp3) is 1.00. The average molecular weight is 202 g/mol. The molecule has 0 bridgehead atoms. The second kappa shape index (κ2) is 7.17. The van der Waals surface area contributed by atoms with Gasteiger partial charge in [-0.1, -0.05) is 0 Å². The Labute approximate surface area is 85.5 Å². The number of rotatable bonds is 6. The van der Waals surface area contributed by atoms with Gasteiger partial charge in [0.15, 0.2) is 0 Å². The van der Waals surface area contributed by atoms with E-state index in [0.717, 1.165) is 32.6 Å². The smallest absolute Gasteiger partial charge is 0.0834 e. The van der Waals surface area contributed by atoms with E-state index in [0.29, 0.717) is 19.0 Å². The highest BCUT2D eigenvalue weighted by atomic mass is 16.5. The van der Waals surface area contributed by atoms with Crippen molar-refractivity contribution < 1.29 is 14.9 Å². The molecule has 1 heterocycles. The third-order valence-electron chi connectivity index (χ3n) is 2.68. The molecule has 0 aromatic rings. The first-order valence-electron chi connectivity index (χ1n) is 5.39. The maximum atomic E-state index is 10.4. The van der Waals surface area contributed by atoms with Crippen LogP contribution in [0.5, 0.6) is 0 Å². The Morgan fingerprint density at radius 1 is 1.29 bits per heavy atom. The van der Waals surface area contributed by atoms with Crippen molar-refractivity contribution in [2.24, 2.45) is 0 Å². The summed E-state index contributed by atoms with van der Waals surface area (Å²) in [6.45, 7) is 3.27. The summed E-state index contributed by atoms with van der Waals surface area (Å²) in [4.78, 5) is 2.22. The van der Waals surface area contributed by atoms with E-state index in [9.17, 15) is 5.11 Å². The van der Waals surface area contributed by atoms with Crippen molar-refractivity contribution in [3.63, 3.8) is 0 Å². The molecule has 1 rings (SSSR count). The lowest BCUT2D eigenvalue weighted by Crippen LogP contribution is -2.41. The first kappa shape index (κ1) is 11.9. The number of aliphatic hydroxyl groups is 1. The summed E-state index contributed by atoms with van der Waals surface area (Å²) < 4.78 is 5.28. The molecule has 83 valence electrons. The monoisotopic (exact) mass is 202 g/mol. The Hall–Kier alpha value is -0.160. The van der Waals surface area contributed by atoms with E-state index in [-0.39, 0.29) is 13.2 Å². The fourth-order valence-corrected chi connectivity index (χ4v) is 1.92. The van der Waals surface area contributed by atoms with Crippen molar-refractivity contribution in [3.05, 3.63) is 0 Å². The van der Waals surface area contributed by atoms with Crippen molar-refractivity contribution in [1.29, 1.82) is 0 Å². The molecule has 1 radical (unpaired) electrons. The normalized spacial score (nSPS) is 19.1. The largest absolute Gasteiger partial charge is 0.395 e. The molecular weight excluding hydrogens is 182 g/mol. The van der Waals surface area contributed by atoms with Crippen LogP contribution in [-0.4, -0.2) is 55.6 Å². The minimum absolute atomic E-state index is 0.0227. The molecule has 0 spiro atoms. The van der Waals surface area contributed by atoms with Crippen molar-refractivity contribution in [2.45, 2.75) is 25.3 Å². The third-order valence-corrected chi connectivity index (χ3v) is 2.68. The summed E-state index contributed by atoms with van der Waals surface area (Å²) in [5, 5.41) is 19.3. The average Bonchev–Trinajstić information content (AvgIpc) is 2.25. The zero-order valence-corrected chi connectivity index (χ0v) is 8.65. The Bertz CT molecular complexity index is 137. The van der Waals surface area contributed by atoms with Crippen LogP contribution in [0, 0.1) is 0 Å². The van der Waals surface area contributed by atoms with Crippen LogP contribution in [-0.2, 0) is 9.84 Å². The maximum absolute atomic E-state index is 10.4. The Kier molecular flexibility index (Phi) is 6.10. The van der Waals surface area contributed by atoms with Crippen LogP contribution in [0.2, 0.25) is 0 Å². The Morgan fingerprint density at radius 3 is 2.57 bits per heavy atom. The van der Waals surface area contributed by atoms with Crippen LogP contribution in [0.1, 0.15) is 19.3 Å². The quantitative estimate of drug-likeness (QED) is 0.673. The highest BCUT2D eigenvalue weighted by molar-refractivity contribution is 4.74. The molecule has 1 fully saturated rings. The van der Waals surface area contributed by atoms with Crippen molar-refractivity contribution in [3.8, 4) is 0 Å². The van der Waals surface area contributed by atoms with Gasteiger partial charge in [0.05, 0.1) is 13.2 Å². The first-order valence-corrected chi connectivity index (χ1v) is 5.39. The summed E-state index contributed by atoms with van der Waals surface area (Å²) >= 11 is 0. The van der Waals surface area contributed by atoms with Crippen LogP contribution in [0.25, 0.3) is 0 Å². The lowest BCUT2D eigenvalue weighted by atomic mass is 10.1. The molecule has 0 saturated carbocycles. The lowest BCUT2D eigenvalue weighted by Gasteiger charge is -2.33. The Morgan fingerprint density at radius 2 is 2.00 bits per heavy atom. The third kappa shape index (κ3) is 3.92. The predicted molar refractivity (Wildman–Crippen MR) is 52.7 cm³/mol. The van der Waals surface area contributed by atoms with Crippen LogP contribution in [0.3, 0.4) is 0 Å². The highest BCUT2D eigenvalue weighted by Crippen LogP contribution is 2.14. The van der Waals surface area contributed by atoms with Gasteiger partial charge in [0, 0.05) is 32.3 Å². The summed E-state index contributed by atoms with van der Waals surface area (Å²) in [7, 11) is 0. The van der Waals surface area contributed by atoms with Gasteiger partial charge in [0.25, 0.3) is 0 Å². The molecule has 0 unspecified atom stereocenters. The van der Waals surface area contributed by atoms with Gasteiger partial charge in [0.1, 0.15) is 0 Å². The number of hydrogen-bond donors (Lipinski definition) is 1. The highest BCUT2D eigenvalue weighted by Gasteiger charge is 2.20. The zero-order valence-electron chi connectivity index (χ0n) is 8.65. The molecule has 0 amide bonds. The van der Waals surface area contributed by atoms with Crippen molar-refractivity contribution in [2.75, 3.05) is 39.5 Å². The standard InChI is InChI=1S/C10H20NO3/c12-6-1-4-11(5-7-13)10-2-8-14-9-3-10/h10,13H,1-9H2. The molecule has 4 nitrogen and oxygen atoms in total. The predicted octanol–water partition coefficient (Wildman–Crippen LogP) is 0.280. The van der Waals surface area contributed by atoms with E-state index in [1.54, 1.807) is 0 Å². The molecular formula is C10H20NO3. The van der Waals surface area contributed by atoms with Gasteiger partial charge >= 0.3 is 0 Å². The van der Waals surface area contributed by atoms with Crippen molar-refractivity contribution in [1.82, 2.24) is 4.90 Å². The van der Waals surface area contributed by atoms with Gasteiger partial charge in [-0.3, -0.25) is 4.90 Å². The minimum atomic E-state index is -0.0227. The number of ether oxygens (including phenoxy) is 1. The lowest BCUT2D eigenvalue weighted by molar-refractivity contribution is 0.0246. The molecule has 14 heavy (non-hydrogen) atoms. The minimum Gasteiger partial charge on any atom is -0.395 e. The molecule has 0 atom stereocenters. The molecule has 1 aliphatic heterocycles. The van der Waals surface area contributed by atoms with E-state index in [4.69, 9.17) is 9.84 Å². The number of aliphatic hydroxyl groups excluding tert-OH is 1. The van der Waals surface area contributed by atoms with Gasteiger partial charge in [-0.25, -0.2) is 5.11 Å². The van der Waals surface area contributed by atoms with Gasteiger partial charge in [-0.2, -0.15) is 0 Å². The van der Waals surface area contributed by atoms with E-state index in [2.05, 4.69) is 4.90 Å². The van der Waals surface area contributed by atoms with E-state index in [1.807, 2.05) is 0 Å². The second-order valence-electron chi connectivity index (χ2n) is 3.66. The first-order chi connectivity index (χ1) is 6.88. The van der Waals surface area contributed by atoms with Gasteiger partial charge < -0.3 is 9.84 Å². The second-order valence-corrected chi connectivity index (χ2v) is 3.66. The van der Waals surface area contributed by atoms with Gasteiger partial charge in [-0.15, -0.1) is 0 Å². The Balaban J connectivity index is 2.30. The summed E-state index contributed by atoms with van der Waals surface area (Å²) in [6, 6.07) is 0.502. The van der Waals surface area contributed by atoms with Crippen molar-refractivity contribution >= 4 is 0 Å². The molecule has 0 aromatic carbocycles. The molecule has 1 saturated heterocycles. The van der Waals surface area contributed by atoms with Crippen LogP contribution < -0.4 is 0 Å². The van der Waals surface area contributed by atoms with Gasteiger partial charge in [-0.05, 0) is 19.3 Å². The maximum Gasteiger partial charge on any atom is 0.0834 e. The molecule has 1 aliphatic rings. The molecule has 1 N–H and O–H groups in total. The van der Waals surface area contributed by atoms with Gasteiger partial charge in [0.2, 0.25) is 0 Å². The zero-order chi connectivity index (χ0) is 10.2. The molecule has 0 aliphatic carbocycles. The fourth-order valence-electron chi connectivity index (χ4n) is 1.92. The van der Waals surface area contributed by atoms with E-state index in [1.165, 1.54) is 0 Å². The number of nitrogens with zero attached hydrogens (tertiary/aromatic N) is 1. The topological polar surface area (TPSA) is 52.6 Å². The van der Waals surface area contributed by atoms with Crippen LogP contribution >= 0.6 is 0 Å². The summed E-state index contributed by atoms with van der Waals surface area (Å²) in [5.41, 5.74) is 0. The van der Waals surface area contributed by atoms with E-state index < -0.39 is 0 Å². The summed E-state index contributed by atoms with van der Waals surface area (Å²) in [5.74, 6) is 0.